The number of methoxy groups -OCH3 is 1. The first-order chi connectivity index (χ1) is 15.5. The molecular weight excluding hydrogens is 406 g/mol. The van der Waals surface area contributed by atoms with Gasteiger partial charge in [-0.2, -0.15) is 0 Å². The Morgan fingerprint density at radius 1 is 1.19 bits per heavy atom. The zero-order valence-corrected chi connectivity index (χ0v) is 19.0. The summed E-state index contributed by atoms with van der Waals surface area (Å²) < 4.78 is 5.48. The maximum Gasteiger partial charge on any atom is 0.318 e. The largest absolute Gasteiger partial charge is 0.495 e. The molecule has 2 amide bonds. The van der Waals surface area contributed by atoms with E-state index in [1.54, 1.807) is 12.0 Å². The molecule has 0 spiro atoms. The summed E-state index contributed by atoms with van der Waals surface area (Å²) in [5.41, 5.74) is 4.36. The summed E-state index contributed by atoms with van der Waals surface area (Å²) in [6, 6.07) is 10.0. The predicted octanol–water partition coefficient (Wildman–Crippen LogP) is 2.00. The van der Waals surface area contributed by atoms with Gasteiger partial charge in [-0.15, -0.1) is 0 Å². The molecular formula is C24H33N5O3. The van der Waals surface area contributed by atoms with Crippen molar-refractivity contribution in [2.45, 2.75) is 32.5 Å². The van der Waals surface area contributed by atoms with Crippen LogP contribution in [0.1, 0.15) is 23.2 Å². The Labute approximate surface area is 189 Å². The number of para-hydroxylation sites is 2. The molecule has 2 aromatic rings. The number of fused-ring (bicyclic) bond motifs is 1. The minimum Gasteiger partial charge on any atom is -0.495 e. The van der Waals surface area contributed by atoms with Gasteiger partial charge in [0, 0.05) is 64.2 Å². The number of aryl methyl sites for hydroxylation is 1. The van der Waals surface area contributed by atoms with Gasteiger partial charge in [-0.3, -0.25) is 9.88 Å². The van der Waals surface area contributed by atoms with Gasteiger partial charge in [-0.1, -0.05) is 12.1 Å². The topological polar surface area (TPSA) is 81.2 Å². The van der Waals surface area contributed by atoms with Gasteiger partial charge in [0.1, 0.15) is 5.75 Å². The summed E-state index contributed by atoms with van der Waals surface area (Å²) in [5.74, 6) is 0.893. The second-order valence-corrected chi connectivity index (χ2v) is 8.58. The molecule has 1 saturated heterocycles. The molecule has 3 heterocycles. The van der Waals surface area contributed by atoms with Crippen molar-refractivity contribution in [2.24, 2.45) is 0 Å². The number of hydrogen-bond acceptors (Lipinski definition) is 6. The zero-order chi connectivity index (χ0) is 22.5. The fourth-order valence-corrected chi connectivity index (χ4v) is 4.45. The van der Waals surface area contributed by atoms with Crippen LogP contribution >= 0.6 is 0 Å². The highest BCUT2D eigenvalue weighted by molar-refractivity contribution is 5.75. The number of β-amino-alcohol motifs (C(OH)–C–C–N with tert-alkyl or cyclic N) is 1. The average molecular weight is 440 g/mol. The van der Waals surface area contributed by atoms with E-state index in [-0.39, 0.29) is 6.03 Å². The number of ether oxygens (including phenoxy) is 1. The third kappa shape index (κ3) is 5.31. The number of amides is 2. The van der Waals surface area contributed by atoms with Crippen molar-refractivity contribution in [3.05, 3.63) is 53.3 Å². The fourth-order valence-electron chi connectivity index (χ4n) is 4.45. The molecule has 8 heteroatoms. The number of aliphatic hydroxyl groups is 1. The van der Waals surface area contributed by atoms with Crippen LogP contribution in [-0.2, 0) is 13.1 Å². The zero-order valence-electron chi connectivity index (χ0n) is 19.0. The maximum absolute atomic E-state index is 12.5. The molecule has 0 saturated carbocycles. The minimum absolute atomic E-state index is 0.0866. The lowest BCUT2D eigenvalue weighted by Gasteiger charge is -2.37. The summed E-state index contributed by atoms with van der Waals surface area (Å²) in [7, 11) is 1.70. The van der Waals surface area contributed by atoms with Crippen LogP contribution in [-0.4, -0.2) is 78.4 Å². The van der Waals surface area contributed by atoms with E-state index in [0.29, 0.717) is 32.6 Å². The molecule has 1 fully saturated rings. The van der Waals surface area contributed by atoms with Crippen molar-refractivity contribution in [1.29, 1.82) is 0 Å². The van der Waals surface area contributed by atoms with Gasteiger partial charge in [-0.05, 0) is 42.7 Å². The molecule has 1 aromatic carbocycles. The average Bonchev–Trinajstić information content (AvgIpc) is 3.23. The van der Waals surface area contributed by atoms with E-state index in [2.05, 4.69) is 26.2 Å². The molecule has 0 unspecified atom stereocenters. The van der Waals surface area contributed by atoms with Crippen molar-refractivity contribution >= 4 is 11.7 Å². The maximum atomic E-state index is 12.5. The van der Waals surface area contributed by atoms with E-state index in [0.717, 1.165) is 48.9 Å². The second-order valence-electron chi connectivity index (χ2n) is 8.58. The van der Waals surface area contributed by atoms with Gasteiger partial charge in [0.25, 0.3) is 0 Å². The summed E-state index contributed by atoms with van der Waals surface area (Å²) in [6.45, 7) is 7.82. The monoisotopic (exact) mass is 439 g/mol. The number of carbonyl (C=O) groups excluding carboxylic acids is 1. The number of rotatable bonds is 7. The lowest BCUT2D eigenvalue weighted by atomic mass is 10.2. The molecule has 0 radical (unpaired) electrons. The summed E-state index contributed by atoms with van der Waals surface area (Å²) in [6.07, 6.45) is 1.94. The number of aromatic nitrogens is 1. The Morgan fingerprint density at radius 2 is 1.94 bits per heavy atom. The summed E-state index contributed by atoms with van der Waals surface area (Å²) >= 11 is 0. The Hall–Kier alpha value is -2.84. The SMILES string of the molecule is COc1ccccc1N1CCN(C[C@H](O)CCNC(=O)N2Cc3cnc(C)cc3C2)CC1. The smallest absolute Gasteiger partial charge is 0.318 e. The second kappa shape index (κ2) is 10.2. The number of pyridine rings is 1. The van der Waals surface area contributed by atoms with Crippen molar-refractivity contribution in [1.82, 2.24) is 20.1 Å². The van der Waals surface area contributed by atoms with Crippen LogP contribution in [0.5, 0.6) is 5.75 Å². The third-order valence-corrected chi connectivity index (χ3v) is 6.25. The highest BCUT2D eigenvalue weighted by atomic mass is 16.5. The van der Waals surface area contributed by atoms with Gasteiger partial charge in [-0.25, -0.2) is 4.79 Å². The number of urea groups is 1. The van der Waals surface area contributed by atoms with E-state index in [4.69, 9.17) is 4.74 Å². The molecule has 32 heavy (non-hydrogen) atoms. The first-order valence-electron chi connectivity index (χ1n) is 11.3. The number of hydrogen-bond donors (Lipinski definition) is 2. The van der Waals surface area contributed by atoms with Crippen LogP contribution in [0, 0.1) is 6.92 Å². The van der Waals surface area contributed by atoms with Crippen LogP contribution in [0.25, 0.3) is 0 Å². The van der Waals surface area contributed by atoms with Crippen LogP contribution in [0.4, 0.5) is 10.5 Å². The summed E-state index contributed by atoms with van der Waals surface area (Å²) in [4.78, 5) is 23.2. The van der Waals surface area contributed by atoms with E-state index in [1.807, 2.05) is 37.4 Å². The quantitative estimate of drug-likeness (QED) is 0.687. The molecule has 1 aromatic heterocycles. The van der Waals surface area contributed by atoms with Crippen LogP contribution < -0.4 is 15.0 Å². The van der Waals surface area contributed by atoms with E-state index in [9.17, 15) is 9.90 Å². The van der Waals surface area contributed by atoms with Gasteiger partial charge in [0.2, 0.25) is 0 Å². The summed E-state index contributed by atoms with van der Waals surface area (Å²) in [5, 5.41) is 13.4. The number of aliphatic hydroxyl groups excluding tert-OH is 1. The minimum atomic E-state index is -0.462. The Bertz CT molecular complexity index is 930. The predicted molar refractivity (Wildman–Crippen MR) is 124 cm³/mol. The Morgan fingerprint density at radius 3 is 2.72 bits per heavy atom. The highest BCUT2D eigenvalue weighted by Crippen LogP contribution is 2.28. The number of nitrogens with zero attached hydrogens (tertiary/aromatic N) is 4. The van der Waals surface area contributed by atoms with Gasteiger partial charge >= 0.3 is 6.03 Å². The molecule has 0 aliphatic carbocycles. The van der Waals surface area contributed by atoms with Crippen molar-refractivity contribution in [3.63, 3.8) is 0 Å². The molecule has 2 aliphatic heterocycles. The molecule has 8 nitrogen and oxygen atoms in total. The number of nitrogens with one attached hydrogen (secondary N) is 1. The first-order valence-corrected chi connectivity index (χ1v) is 11.3. The van der Waals surface area contributed by atoms with Crippen LogP contribution in [0.3, 0.4) is 0 Å². The Balaban J connectivity index is 1.15. The molecule has 2 N–H and O–H groups in total. The first kappa shape index (κ1) is 22.4. The normalized spacial score (nSPS) is 17.2. The number of benzene rings is 1. The van der Waals surface area contributed by atoms with Crippen LogP contribution in [0.2, 0.25) is 0 Å². The fraction of sp³-hybridized carbons (Fsp3) is 0.500. The van der Waals surface area contributed by atoms with E-state index in [1.165, 1.54) is 5.56 Å². The Kier molecular flexibility index (Phi) is 7.12. The number of anilines is 1. The lowest BCUT2D eigenvalue weighted by Crippen LogP contribution is -2.49. The van der Waals surface area contributed by atoms with Crippen LogP contribution in [0.15, 0.2) is 36.5 Å². The van der Waals surface area contributed by atoms with Gasteiger partial charge in [0.15, 0.2) is 0 Å². The lowest BCUT2D eigenvalue weighted by molar-refractivity contribution is 0.102. The molecule has 0 bridgehead atoms. The van der Waals surface area contributed by atoms with E-state index < -0.39 is 6.10 Å². The molecule has 2 aliphatic rings. The highest BCUT2D eigenvalue weighted by Gasteiger charge is 2.24. The number of carbonyl (C=O) groups is 1. The van der Waals surface area contributed by atoms with Gasteiger partial charge < -0.3 is 25.0 Å². The molecule has 172 valence electrons. The van der Waals surface area contributed by atoms with Crippen molar-refractivity contribution in [2.75, 3.05) is 51.3 Å². The van der Waals surface area contributed by atoms with E-state index >= 15 is 0 Å². The standard InChI is InChI=1S/C24H33N5O3/c1-18-13-19-15-29(16-20(19)14-26-18)24(31)25-8-7-21(30)17-27-9-11-28(12-10-27)22-5-3-4-6-23(22)32-2/h3-6,13-14,21,30H,7-12,15-17H2,1-2H3,(H,25,31)/t21-/m1/s1. The number of piperazine rings is 1. The van der Waals surface area contributed by atoms with Crippen molar-refractivity contribution < 1.29 is 14.6 Å². The molecule has 1 atom stereocenters. The molecule has 4 rings (SSSR count). The third-order valence-electron chi connectivity index (χ3n) is 6.25. The van der Waals surface area contributed by atoms with Crippen molar-refractivity contribution in [3.8, 4) is 5.75 Å². The van der Waals surface area contributed by atoms with Gasteiger partial charge in [0.05, 0.1) is 18.9 Å².